The van der Waals surface area contributed by atoms with Crippen LogP contribution in [0.5, 0.6) is 0 Å². The van der Waals surface area contributed by atoms with Crippen LogP contribution in [0, 0.1) is 9.39 Å². The van der Waals surface area contributed by atoms with Crippen LogP contribution in [0.1, 0.15) is 12.5 Å². The largest absolute Gasteiger partial charge is 0.339 e. The molecule has 1 heterocycles. The lowest BCUT2D eigenvalue weighted by atomic mass is 10.2. The van der Waals surface area contributed by atoms with Crippen LogP contribution in [0.2, 0.25) is 0 Å². The van der Waals surface area contributed by atoms with Gasteiger partial charge in [0.15, 0.2) is 0 Å². The number of hydrazine groups is 1. The number of nitrogens with one attached hydrogen (secondary N) is 2. The van der Waals surface area contributed by atoms with Crippen LogP contribution in [0.25, 0.3) is 0 Å². The molecule has 0 spiro atoms. The van der Waals surface area contributed by atoms with E-state index in [1.807, 2.05) is 6.92 Å². The summed E-state index contributed by atoms with van der Waals surface area (Å²) in [5.74, 6) is 6.40. The van der Waals surface area contributed by atoms with Gasteiger partial charge in [-0.1, -0.05) is 6.92 Å². The van der Waals surface area contributed by atoms with E-state index in [1.54, 1.807) is 6.07 Å². The van der Waals surface area contributed by atoms with Crippen LogP contribution in [-0.4, -0.2) is 9.97 Å². The molecule has 0 saturated heterocycles. The van der Waals surface area contributed by atoms with Gasteiger partial charge in [0.1, 0.15) is 23.8 Å². The first-order valence-corrected chi connectivity index (χ1v) is 6.76. The fourth-order valence-electron chi connectivity index (χ4n) is 1.70. The number of nitrogens with two attached hydrogens (primary N) is 1. The Balaban J connectivity index is 2.37. The highest BCUT2D eigenvalue weighted by Crippen LogP contribution is 2.26. The lowest BCUT2D eigenvalue weighted by Gasteiger charge is -2.13. The summed E-state index contributed by atoms with van der Waals surface area (Å²) in [5, 5.41) is 3.17. The molecule has 2 rings (SSSR count). The minimum absolute atomic E-state index is 0.266. The molecule has 0 aliphatic rings. The molecule has 2 aromatic rings. The first-order valence-electron chi connectivity index (χ1n) is 5.68. The average Bonchev–Trinajstić information content (AvgIpc) is 2.41. The highest BCUT2D eigenvalue weighted by Gasteiger charge is 2.10. The minimum atomic E-state index is -0.266. The van der Waals surface area contributed by atoms with Crippen molar-refractivity contribution in [1.29, 1.82) is 0 Å². The van der Waals surface area contributed by atoms with E-state index in [1.165, 1.54) is 18.5 Å². The summed E-state index contributed by atoms with van der Waals surface area (Å²) in [7, 11) is 0. The maximum absolute atomic E-state index is 13.1. The molecule has 0 bridgehead atoms. The second kappa shape index (κ2) is 6.11. The molecule has 0 atom stereocenters. The van der Waals surface area contributed by atoms with Gasteiger partial charge in [-0.2, -0.15) is 0 Å². The van der Waals surface area contributed by atoms with Gasteiger partial charge in [0.05, 0.1) is 5.69 Å². The van der Waals surface area contributed by atoms with E-state index in [-0.39, 0.29) is 5.82 Å². The molecule has 0 aliphatic heterocycles. The first-order chi connectivity index (χ1) is 9.15. The van der Waals surface area contributed by atoms with Crippen LogP contribution in [0.4, 0.5) is 21.7 Å². The van der Waals surface area contributed by atoms with Crippen LogP contribution < -0.4 is 16.6 Å². The Morgan fingerprint density at radius 3 is 2.68 bits per heavy atom. The third kappa shape index (κ3) is 3.10. The van der Waals surface area contributed by atoms with Crippen molar-refractivity contribution in [3.05, 3.63) is 39.5 Å². The fourth-order valence-corrected chi connectivity index (χ4v) is 2.31. The van der Waals surface area contributed by atoms with Gasteiger partial charge in [-0.3, -0.25) is 0 Å². The molecule has 5 nitrogen and oxygen atoms in total. The summed E-state index contributed by atoms with van der Waals surface area (Å²) in [4.78, 5) is 8.26. The standard InChI is InChI=1S/C12H13FIN5/c1-2-8-11(16-6-17-12(8)19-15)18-10-4-3-7(13)5-9(10)14/h3-6H,2,15H2,1H3,(H2,16,17,18,19). The van der Waals surface area contributed by atoms with Gasteiger partial charge in [-0.25, -0.2) is 20.2 Å². The molecule has 0 saturated carbocycles. The van der Waals surface area contributed by atoms with Crippen molar-refractivity contribution in [2.75, 3.05) is 10.7 Å². The maximum atomic E-state index is 13.1. The number of aromatic nitrogens is 2. The second-order valence-corrected chi connectivity index (χ2v) is 4.96. The van der Waals surface area contributed by atoms with Gasteiger partial charge in [0, 0.05) is 9.13 Å². The summed E-state index contributed by atoms with van der Waals surface area (Å²) >= 11 is 2.07. The Morgan fingerprint density at radius 1 is 1.32 bits per heavy atom. The quantitative estimate of drug-likeness (QED) is 0.437. The zero-order valence-electron chi connectivity index (χ0n) is 10.2. The van der Waals surface area contributed by atoms with Crippen molar-refractivity contribution in [3.8, 4) is 0 Å². The van der Waals surface area contributed by atoms with Crippen LogP contribution in [0.15, 0.2) is 24.5 Å². The summed E-state index contributed by atoms with van der Waals surface area (Å²) in [6, 6.07) is 4.53. The van der Waals surface area contributed by atoms with Gasteiger partial charge < -0.3 is 10.7 Å². The van der Waals surface area contributed by atoms with Crippen molar-refractivity contribution in [1.82, 2.24) is 9.97 Å². The summed E-state index contributed by atoms with van der Waals surface area (Å²) < 4.78 is 13.8. The first kappa shape index (κ1) is 13.9. The smallest absolute Gasteiger partial charge is 0.148 e. The Labute approximate surface area is 123 Å². The number of hydrogen-bond acceptors (Lipinski definition) is 5. The van der Waals surface area contributed by atoms with Crippen molar-refractivity contribution in [2.45, 2.75) is 13.3 Å². The normalized spacial score (nSPS) is 10.3. The van der Waals surface area contributed by atoms with E-state index < -0.39 is 0 Å². The molecule has 0 amide bonds. The highest BCUT2D eigenvalue weighted by molar-refractivity contribution is 14.1. The number of hydrogen-bond donors (Lipinski definition) is 3. The fraction of sp³-hybridized carbons (Fsp3) is 0.167. The topological polar surface area (TPSA) is 75.9 Å². The van der Waals surface area contributed by atoms with Gasteiger partial charge in [-0.05, 0) is 47.2 Å². The lowest BCUT2D eigenvalue weighted by Crippen LogP contribution is -2.13. The molecule has 4 N–H and O–H groups in total. The third-order valence-corrected chi connectivity index (χ3v) is 3.51. The molecule has 0 aliphatic carbocycles. The molecule has 19 heavy (non-hydrogen) atoms. The number of nitrogens with zero attached hydrogens (tertiary/aromatic N) is 2. The number of benzene rings is 1. The van der Waals surface area contributed by atoms with Gasteiger partial charge in [0.2, 0.25) is 0 Å². The molecule has 0 radical (unpaired) electrons. The SMILES string of the molecule is CCc1c(NN)ncnc1Nc1ccc(F)cc1I. The molecule has 100 valence electrons. The highest BCUT2D eigenvalue weighted by atomic mass is 127. The van der Waals surface area contributed by atoms with Crippen molar-refractivity contribution < 1.29 is 4.39 Å². The van der Waals surface area contributed by atoms with E-state index in [0.29, 0.717) is 11.6 Å². The number of anilines is 3. The zero-order valence-corrected chi connectivity index (χ0v) is 12.4. The average molecular weight is 373 g/mol. The van der Waals surface area contributed by atoms with Crippen LogP contribution in [0.3, 0.4) is 0 Å². The Morgan fingerprint density at radius 2 is 2.05 bits per heavy atom. The van der Waals surface area contributed by atoms with Crippen LogP contribution in [-0.2, 0) is 6.42 Å². The van der Waals surface area contributed by atoms with Crippen molar-refractivity contribution in [3.63, 3.8) is 0 Å². The second-order valence-electron chi connectivity index (χ2n) is 3.80. The van der Waals surface area contributed by atoms with E-state index in [0.717, 1.165) is 21.2 Å². The van der Waals surface area contributed by atoms with E-state index >= 15 is 0 Å². The van der Waals surface area contributed by atoms with E-state index in [2.05, 4.69) is 43.3 Å². The lowest BCUT2D eigenvalue weighted by molar-refractivity contribution is 0.627. The summed E-state index contributed by atoms with van der Waals surface area (Å²) in [6.07, 6.45) is 2.15. The molecule has 0 fully saturated rings. The predicted octanol–water partition coefficient (Wildman–Crippen LogP) is 2.81. The third-order valence-electron chi connectivity index (χ3n) is 2.62. The number of rotatable bonds is 4. The molecule has 0 unspecified atom stereocenters. The van der Waals surface area contributed by atoms with Crippen LogP contribution >= 0.6 is 22.6 Å². The number of nitrogen functional groups attached to an aromatic ring is 1. The van der Waals surface area contributed by atoms with Crippen molar-refractivity contribution >= 4 is 39.9 Å². The monoisotopic (exact) mass is 373 g/mol. The number of halogens is 2. The molecule has 1 aromatic carbocycles. The predicted molar refractivity (Wildman–Crippen MR) is 81.6 cm³/mol. The molecular weight excluding hydrogens is 360 g/mol. The van der Waals surface area contributed by atoms with Crippen molar-refractivity contribution in [2.24, 2.45) is 5.84 Å². The zero-order chi connectivity index (χ0) is 13.8. The summed E-state index contributed by atoms with van der Waals surface area (Å²) in [6.45, 7) is 1.99. The Bertz CT molecular complexity index is 590. The molecule has 1 aromatic heterocycles. The van der Waals surface area contributed by atoms with Gasteiger partial charge in [-0.15, -0.1) is 0 Å². The Hall–Kier alpha value is -1.48. The van der Waals surface area contributed by atoms with Gasteiger partial charge >= 0.3 is 0 Å². The summed E-state index contributed by atoms with van der Waals surface area (Å²) in [5.41, 5.74) is 4.21. The molecular formula is C12H13FIN5. The van der Waals surface area contributed by atoms with E-state index in [4.69, 9.17) is 5.84 Å². The maximum Gasteiger partial charge on any atom is 0.148 e. The van der Waals surface area contributed by atoms with Gasteiger partial charge in [0.25, 0.3) is 0 Å². The molecule has 7 heteroatoms. The van der Waals surface area contributed by atoms with E-state index in [9.17, 15) is 4.39 Å². The minimum Gasteiger partial charge on any atom is -0.339 e. The Kier molecular flexibility index (Phi) is 4.48.